The van der Waals surface area contributed by atoms with E-state index in [1.807, 2.05) is 13.0 Å². The van der Waals surface area contributed by atoms with Crippen LogP contribution in [0.5, 0.6) is 5.75 Å². The predicted octanol–water partition coefficient (Wildman–Crippen LogP) is 4.61. The van der Waals surface area contributed by atoms with Gasteiger partial charge in [0.1, 0.15) is 5.75 Å². The molecule has 1 unspecified atom stereocenters. The summed E-state index contributed by atoms with van der Waals surface area (Å²) in [6.07, 6.45) is 3.89. The third-order valence-corrected chi connectivity index (χ3v) is 4.17. The van der Waals surface area contributed by atoms with Crippen LogP contribution in [0.2, 0.25) is 0 Å². The number of allylic oxidation sites excluding steroid dienone is 1. The monoisotopic (exact) mass is 323 g/mol. The number of rotatable bonds is 3. The largest absolute Gasteiger partial charge is 0.508 e. The van der Waals surface area contributed by atoms with Crippen molar-refractivity contribution in [1.29, 1.82) is 0 Å². The SMILES string of the molecule is C=CC.CC1CCc2ccccc2N1CC(=O)c1ccc(O)cc1. The first-order valence-electron chi connectivity index (χ1n) is 8.30. The zero-order valence-electron chi connectivity index (χ0n) is 14.4. The van der Waals surface area contributed by atoms with Gasteiger partial charge in [-0.25, -0.2) is 0 Å². The fraction of sp³-hybridized carbons (Fsp3) is 0.286. The number of hydrogen-bond donors (Lipinski definition) is 1. The van der Waals surface area contributed by atoms with Crippen molar-refractivity contribution in [2.75, 3.05) is 11.4 Å². The molecule has 1 aliphatic rings. The molecule has 0 amide bonds. The minimum atomic E-state index is 0.0820. The molecule has 1 atom stereocenters. The van der Waals surface area contributed by atoms with Crippen LogP contribution >= 0.6 is 0 Å². The summed E-state index contributed by atoms with van der Waals surface area (Å²) in [6, 6.07) is 15.1. The molecule has 3 rings (SSSR count). The summed E-state index contributed by atoms with van der Waals surface area (Å²) in [7, 11) is 0. The first-order chi connectivity index (χ1) is 11.6. The van der Waals surface area contributed by atoms with Crippen molar-refractivity contribution in [3.8, 4) is 5.75 Å². The van der Waals surface area contributed by atoms with Crippen molar-refractivity contribution in [2.24, 2.45) is 0 Å². The lowest BCUT2D eigenvalue weighted by Crippen LogP contribution is -2.40. The molecule has 1 N–H and O–H groups in total. The van der Waals surface area contributed by atoms with Crippen LogP contribution < -0.4 is 4.90 Å². The van der Waals surface area contributed by atoms with Crippen LogP contribution in [0.3, 0.4) is 0 Å². The quantitative estimate of drug-likeness (QED) is 0.662. The summed E-state index contributed by atoms with van der Waals surface area (Å²) < 4.78 is 0. The molecular formula is C21H25NO2. The maximum absolute atomic E-state index is 12.5. The van der Waals surface area contributed by atoms with Gasteiger partial charge in [0.05, 0.1) is 6.54 Å². The summed E-state index contributed by atoms with van der Waals surface area (Å²) in [6.45, 7) is 7.79. The Labute approximate surface area is 144 Å². The van der Waals surface area contributed by atoms with Crippen LogP contribution in [-0.2, 0) is 6.42 Å². The summed E-state index contributed by atoms with van der Waals surface area (Å²) in [5, 5.41) is 9.31. The van der Waals surface area contributed by atoms with E-state index in [2.05, 4.69) is 36.6 Å². The van der Waals surface area contributed by atoms with Gasteiger partial charge >= 0.3 is 0 Å². The number of Topliss-reactive ketones (excluding diaryl/α,β-unsaturated/α-hetero) is 1. The number of aryl methyl sites for hydroxylation is 1. The lowest BCUT2D eigenvalue weighted by atomic mass is 9.96. The van der Waals surface area contributed by atoms with Crippen molar-refractivity contribution in [1.82, 2.24) is 0 Å². The number of nitrogens with zero attached hydrogens (tertiary/aromatic N) is 1. The first kappa shape index (κ1) is 17.8. The normalized spacial score (nSPS) is 15.8. The van der Waals surface area contributed by atoms with Crippen molar-refractivity contribution >= 4 is 11.5 Å². The molecule has 0 fully saturated rings. The van der Waals surface area contributed by atoms with Gasteiger partial charge in [-0.05, 0) is 62.6 Å². The molecule has 0 spiro atoms. The second-order valence-electron chi connectivity index (χ2n) is 6.02. The summed E-state index contributed by atoms with van der Waals surface area (Å²) in [5.74, 6) is 0.266. The molecule has 2 aromatic rings. The number of carbonyl (C=O) groups is 1. The molecule has 24 heavy (non-hydrogen) atoms. The number of aromatic hydroxyl groups is 1. The maximum Gasteiger partial charge on any atom is 0.182 e. The molecule has 0 aliphatic carbocycles. The third kappa shape index (κ3) is 4.25. The second-order valence-corrected chi connectivity index (χ2v) is 6.02. The van der Waals surface area contributed by atoms with Gasteiger partial charge in [0, 0.05) is 17.3 Å². The van der Waals surface area contributed by atoms with Gasteiger partial charge in [-0.2, -0.15) is 0 Å². The third-order valence-electron chi connectivity index (χ3n) is 4.17. The lowest BCUT2D eigenvalue weighted by molar-refractivity contribution is 0.0996. The number of phenolic OH excluding ortho intramolecular Hbond substituents is 1. The predicted molar refractivity (Wildman–Crippen MR) is 99.9 cm³/mol. The van der Waals surface area contributed by atoms with E-state index < -0.39 is 0 Å². The molecule has 1 heterocycles. The molecule has 0 saturated carbocycles. The molecule has 3 heteroatoms. The molecule has 2 aromatic carbocycles. The second kappa shape index (κ2) is 8.34. The first-order valence-corrected chi connectivity index (χ1v) is 8.30. The summed E-state index contributed by atoms with van der Waals surface area (Å²) in [5.41, 5.74) is 3.13. The van der Waals surface area contributed by atoms with Crippen molar-refractivity contribution in [2.45, 2.75) is 32.7 Å². The average molecular weight is 323 g/mol. The zero-order valence-corrected chi connectivity index (χ0v) is 14.4. The van der Waals surface area contributed by atoms with E-state index in [0.717, 1.165) is 12.8 Å². The number of phenols is 1. The highest BCUT2D eigenvalue weighted by Gasteiger charge is 2.24. The Hall–Kier alpha value is -2.55. The zero-order chi connectivity index (χ0) is 17.5. The molecule has 0 aromatic heterocycles. The lowest BCUT2D eigenvalue weighted by Gasteiger charge is -2.36. The van der Waals surface area contributed by atoms with Crippen molar-refractivity contribution < 1.29 is 9.90 Å². The molecular weight excluding hydrogens is 298 g/mol. The molecule has 126 valence electrons. The van der Waals surface area contributed by atoms with Crippen LogP contribution in [-0.4, -0.2) is 23.5 Å². The minimum Gasteiger partial charge on any atom is -0.508 e. The fourth-order valence-corrected chi connectivity index (χ4v) is 2.89. The van der Waals surface area contributed by atoms with Crippen LogP contribution in [0, 0.1) is 0 Å². The minimum absolute atomic E-state index is 0.0820. The summed E-state index contributed by atoms with van der Waals surface area (Å²) >= 11 is 0. The Morgan fingerprint density at radius 1 is 1.25 bits per heavy atom. The number of ketones is 1. The van der Waals surface area contributed by atoms with Gasteiger partial charge in [-0.15, -0.1) is 6.58 Å². The number of fused-ring (bicyclic) bond motifs is 1. The standard InChI is InChI=1S/C18H19NO2.C3H6/c1-13-6-7-14-4-2-3-5-17(14)19(13)12-18(21)15-8-10-16(20)11-9-15;1-3-2/h2-5,8-11,13,20H,6-7,12H2,1H3;3H,1H2,2H3. The van der Waals surface area contributed by atoms with Crippen molar-refractivity contribution in [3.63, 3.8) is 0 Å². The molecule has 3 nitrogen and oxygen atoms in total. The Morgan fingerprint density at radius 3 is 2.54 bits per heavy atom. The highest BCUT2D eigenvalue weighted by Crippen LogP contribution is 2.30. The topological polar surface area (TPSA) is 40.5 Å². The molecule has 0 radical (unpaired) electrons. The smallest absolute Gasteiger partial charge is 0.182 e. The molecule has 0 saturated heterocycles. The Morgan fingerprint density at radius 2 is 1.88 bits per heavy atom. The van der Waals surface area contributed by atoms with Crippen LogP contribution in [0.25, 0.3) is 0 Å². The highest BCUT2D eigenvalue weighted by molar-refractivity contribution is 5.99. The van der Waals surface area contributed by atoms with Gasteiger partial charge in [-0.3, -0.25) is 4.79 Å². The summed E-state index contributed by atoms with van der Waals surface area (Å²) in [4.78, 5) is 14.6. The van der Waals surface area contributed by atoms with Crippen LogP contribution in [0.4, 0.5) is 5.69 Å². The number of para-hydroxylation sites is 1. The average Bonchev–Trinajstić information content (AvgIpc) is 2.59. The maximum atomic E-state index is 12.5. The van der Waals surface area contributed by atoms with Gasteiger partial charge in [-0.1, -0.05) is 24.3 Å². The number of hydrogen-bond acceptors (Lipinski definition) is 3. The Bertz CT molecular complexity index is 691. The van der Waals surface area contributed by atoms with Crippen LogP contribution in [0.15, 0.2) is 61.2 Å². The van der Waals surface area contributed by atoms with E-state index in [4.69, 9.17) is 0 Å². The van der Waals surface area contributed by atoms with E-state index in [1.54, 1.807) is 30.3 Å². The Kier molecular flexibility index (Phi) is 6.19. The van der Waals surface area contributed by atoms with Gasteiger partial charge in [0.15, 0.2) is 5.78 Å². The van der Waals surface area contributed by atoms with E-state index >= 15 is 0 Å². The van der Waals surface area contributed by atoms with Gasteiger partial charge in [0.25, 0.3) is 0 Å². The highest BCUT2D eigenvalue weighted by atomic mass is 16.3. The molecule has 1 aliphatic heterocycles. The Balaban J connectivity index is 0.000000647. The molecule has 0 bridgehead atoms. The van der Waals surface area contributed by atoms with Gasteiger partial charge < -0.3 is 10.0 Å². The number of benzene rings is 2. The van der Waals surface area contributed by atoms with E-state index in [9.17, 15) is 9.90 Å². The number of carbonyl (C=O) groups excluding carboxylic acids is 1. The van der Waals surface area contributed by atoms with Crippen LogP contribution in [0.1, 0.15) is 36.2 Å². The van der Waals surface area contributed by atoms with E-state index in [-0.39, 0.29) is 11.5 Å². The van der Waals surface area contributed by atoms with E-state index in [1.165, 1.54) is 11.3 Å². The van der Waals surface area contributed by atoms with E-state index in [0.29, 0.717) is 18.2 Å². The van der Waals surface area contributed by atoms with Crippen molar-refractivity contribution in [3.05, 3.63) is 72.3 Å². The fourth-order valence-electron chi connectivity index (χ4n) is 2.89. The number of anilines is 1. The van der Waals surface area contributed by atoms with Gasteiger partial charge in [0.2, 0.25) is 0 Å².